The van der Waals surface area contributed by atoms with Gasteiger partial charge in [0.15, 0.2) is 6.10 Å². The smallest absolute Gasteiger partial charge is 0.306 e. The fourth-order valence-corrected chi connectivity index (χ4v) is 8.68. The second-order valence-electron chi connectivity index (χ2n) is 21.3. The molecule has 0 spiro atoms. The van der Waals surface area contributed by atoms with Crippen molar-refractivity contribution in [2.24, 2.45) is 0 Å². The number of unbranched alkanes of at least 4 members (excludes halogenated alkanes) is 23. The minimum Gasteiger partial charge on any atom is -0.462 e. The third kappa shape index (κ3) is 64.1. The van der Waals surface area contributed by atoms with Crippen LogP contribution < -0.4 is 0 Å². The van der Waals surface area contributed by atoms with Gasteiger partial charge in [0.2, 0.25) is 0 Å². The molecule has 0 bridgehead atoms. The quantitative estimate of drug-likeness (QED) is 0.0261. The molecule has 1 unspecified atom stereocenters. The van der Waals surface area contributed by atoms with Crippen LogP contribution in [0.3, 0.4) is 0 Å². The van der Waals surface area contributed by atoms with E-state index in [2.05, 4.69) is 167 Å². The maximum atomic E-state index is 12.9. The molecule has 80 heavy (non-hydrogen) atoms. The molecule has 0 aliphatic rings. The van der Waals surface area contributed by atoms with E-state index in [1.54, 1.807) is 0 Å². The molecule has 0 aromatic carbocycles. The molecular weight excluding hydrogens is 985 g/mol. The third-order valence-electron chi connectivity index (χ3n) is 13.6. The molecule has 0 saturated heterocycles. The lowest BCUT2D eigenvalue weighted by atomic mass is 10.0. The Hall–Kier alpha value is -4.71. The molecule has 0 aliphatic carbocycles. The molecule has 0 saturated carbocycles. The van der Waals surface area contributed by atoms with Gasteiger partial charge >= 0.3 is 17.9 Å². The third-order valence-corrected chi connectivity index (χ3v) is 13.6. The van der Waals surface area contributed by atoms with Gasteiger partial charge < -0.3 is 14.2 Å². The zero-order valence-corrected chi connectivity index (χ0v) is 51.8. The summed E-state index contributed by atoms with van der Waals surface area (Å²) in [6.45, 7) is 6.47. The van der Waals surface area contributed by atoms with Crippen molar-refractivity contribution < 1.29 is 28.6 Å². The predicted molar refractivity (Wildman–Crippen MR) is 348 cm³/mol. The Morgan fingerprint density at radius 3 is 0.800 bits per heavy atom. The molecule has 0 radical (unpaired) electrons. The summed E-state index contributed by atoms with van der Waals surface area (Å²) in [4.78, 5) is 38.3. The largest absolute Gasteiger partial charge is 0.462 e. The second-order valence-corrected chi connectivity index (χ2v) is 21.3. The van der Waals surface area contributed by atoms with E-state index in [-0.39, 0.29) is 31.1 Å². The van der Waals surface area contributed by atoms with E-state index in [4.69, 9.17) is 14.2 Å². The lowest BCUT2D eigenvalue weighted by Crippen LogP contribution is -2.30. The van der Waals surface area contributed by atoms with Crippen LogP contribution in [0.5, 0.6) is 0 Å². The van der Waals surface area contributed by atoms with Gasteiger partial charge in [-0.3, -0.25) is 14.4 Å². The molecule has 1 atom stereocenters. The van der Waals surface area contributed by atoms with Crippen LogP contribution in [0, 0.1) is 0 Å². The first-order valence-corrected chi connectivity index (χ1v) is 32.8. The highest BCUT2D eigenvalue weighted by Crippen LogP contribution is 2.15. The van der Waals surface area contributed by atoms with Crippen LogP contribution in [0.4, 0.5) is 0 Å². The van der Waals surface area contributed by atoms with Gasteiger partial charge in [0.25, 0.3) is 0 Å². The summed E-state index contributed by atoms with van der Waals surface area (Å²) >= 11 is 0. The number of carbonyl (C=O) groups is 3. The molecular formula is C74H120O6. The number of esters is 3. The molecule has 6 heteroatoms. The second kappa shape index (κ2) is 66.8. The maximum absolute atomic E-state index is 12.9. The molecule has 0 heterocycles. The minimum absolute atomic E-state index is 0.0995. The van der Waals surface area contributed by atoms with E-state index in [9.17, 15) is 14.4 Å². The van der Waals surface area contributed by atoms with Crippen molar-refractivity contribution in [3.05, 3.63) is 146 Å². The van der Waals surface area contributed by atoms with Crippen molar-refractivity contribution in [3.8, 4) is 0 Å². The van der Waals surface area contributed by atoms with Crippen molar-refractivity contribution in [1.82, 2.24) is 0 Å². The standard InChI is InChI=1S/C74H120O6/c1-4-7-10-13-16-19-22-25-27-29-30-31-32-33-34-35-36-37-38-39-40-41-42-43-44-45-47-49-52-55-58-61-64-67-73(76)79-70-71(69-78-72(75)66-63-60-57-54-51-48-24-21-18-15-12-9-6-3)80-74(77)68-65-62-59-56-53-50-46-28-26-23-20-17-14-11-8-5-2/h7,10,16,19-20,23,25,27-28,30-31,33-34,36-37,39-40,42-43,45-47,52,55,71H,4-6,8-9,11-15,17-18,21-22,24,26,29,32,35,38,41,44,48-51,53-54,56-70H2,1-3H3/b10-7-,19-16-,23-20-,27-25-,31-30-,34-33-,37-36-,40-39-,43-42-,46-28-,47-45-,55-52-. The van der Waals surface area contributed by atoms with Gasteiger partial charge in [0, 0.05) is 19.3 Å². The van der Waals surface area contributed by atoms with E-state index in [0.717, 1.165) is 141 Å². The Kier molecular flexibility index (Phi) is 62.9. The molecule has 0 fully saturated rings. The van der Waals surface area contributed by atoms with Crippen molar-refractivity contribution in [3.63, 3.8) is 0 Å². The number of ether oxygens (including phenoxy) is 3. The molecule has 0 amide bonds. The number of allylic oxidation sites excluding steroid dienone is 24. The SMILES string of the molecule is CC/C=C\C/C=C\C/C=C\C/C=C\C/C=C\C/C=C\C/C=C\C/C=C\C/C=C\C/C=C\CCCCC(=O)OCC(COC(=O)CCCCCCCCCCCCCCC)OC(=O)CCCCCCC/C=C\C/C=C\CCCCCC. The van der Waals surface area contributed by atoms with Crippen molar-refractivity contribution in [1.29, 1.82) is 0 Å². The Balaban J connectivity index is 4.39. The number of hydrogen-bond acceptors (Lipinski definition) is 6. The first-order chi connectivity index (χ1) is 39.5. The van der Waals surface area contributed by atoms with Gasteiger partial charge in [-0.05, 0) is 128 Å². The highest BCUT2D eigenvalue weighted by atomic mass is 16.6. The lowest BCUT2D eigenvalue weighted by molar-refractivity contribution is -0.167. The molecule has 0 aromatic heterocycles. The van der Waals surface area contributed by atoms with E-state index in [1.165, 1.54) is 96.3 Å². The molecule has 0 aliphatic heterocycles. The van der Waals surface area contributed by atoms with Gasteiger partial charge in [-0.15, -0.1) is 0 Å². The summed E-state index contributed by atoms with van der Waals surface area (Å²) in [6.07, 6.45) is 95.7. The van der Waals surface area contributed by atoms with E-state index in [0.29, 0.717) is 25.7 Å². The summed E-state index contributed by atoms with van der Waals surface area (Å²) in [5.74, 6) is -0.958. The molecule has 6 nitrogen and oxygen atoms in total. The number of carbonyl (C=O) groups excluding carboxylic acids is 3. The van der Waals surface area contributed by atoms with Crippen molar-refractivity contribution >= 4 is 17.9 Å². The van der Waals surface area contributed by atoms with Gasteiger partial charge in [0.05, 0.1) is 0 Å². The van der Waals surface area contributed by atoms with Crippen LogP contribution in [0.1, 0.15) is 284 Å². The van der Waals surface area contributed by atoms with Gasteiger partial charge in [-0.2, -0.15) is 0 Å². The lowest BCUT2D eigenvalue weighted by Gasteiger charge is -2.18. The maximum Gasteiger partial charge on any atom is 0.306 e. The minimum atomic E-state index is -0.808. The Morgan fingerprint density at radius 2 is 0.487 bits per heavy atom. The summed E-state index contributed by atoms with van der Waals surface area (Å²) in [7, 11) is 0. The van der Waals surface area contributed by atoms with Gasteiger partial charge in [0.1, 0.15) is 13.2 Å². The van der Waals surface area contributed by atoms with Crippen LogP contribution in [0.25, 0.3) is 0 Å². The fourth-order valence-electron chi connectivity index (χ4n) is 8.68. The van der Waals surface area contributed by atoms with Crippen LogP contribution in [0.2, 0.25) is 0 Å². The highest BCUT2D eigenvalue weighted by Gasteiger charge is 2.19. The number of rotatable bonds is 58. The fraction of sp³-hybridized carbons (Fsp3) is 0.635. The van der Waals surface area contributed by atoms with Crippen LogP contribution in [0.15, 0.2) is 146 Å². The first-order valence-electron chi connectivity index (χ1n) is 32.8. The first kappa shape index (κ1) is 75.3. The summed E-state index contributed by atoms with van der Waals surface area (Å²) in [5, 5.41) is 0. The van der Waals surface area contributed by atoms with Gasteiger partial charge in [-0.25, -0.2) is 0 Å². The predicted octanol–water partition coefficient (Wildman–Crippen LogP) is 22.7. The van der Waals surface area contributed by atoms with Crippen LogP contribution in [-0.4, -0.2) is 37.2 Å². The molecule has 452 valence electrons. The van der Waals surface area contributed by atoms with Crippen LogP contribution >= 0.6 is 0 Å². The van der Waals surface area contributed by atoms with Crippen molar-refractivity contribution in [2.45, 2.75) is 290 Å². The Bertz CT molecular complexity index is 1750. The summed E-state index contributed by atoms with van der Waals surface area (Å²) < 4.78 is 16.9. The number of hydrogen-bond donors (Lipinski definition) is 0. The molecule has 0 rings (SSSR count). The van der Waals surface area contributed by atoms with Crippen molar-refractivity contribution in [2.75, 3.05) is 13.2 Å². The van der Waals surface area contributed by atoms with E-state index in [1.807, 2.05) is 0 Å². The summed E-state index contributed by atoms with van der Waals surface area (Å²) in [5.41, 5.74) is 0. The topological polar surface area (TPSA) is 78.9 Å². The summed E-state index contributed by atoms with van der Waals surface area (Å²) in [6, 6.07) is 0. The highest BCUT2D eigenvalue weighted by molar-refractivity contribution is 5.71. The van der Waals surface area contributed by atoms with E-state index >= 15 is 0 Å². The average molecular weight is 1110 g/mol. The monoisotopic (exact) mass is 1100 g/mol. The zero-order chi connectivity index (χ0) is 57.8. The van der Waals surface area contributed by atoms with Gasteiger partial charge in [-0.1, -0.05) is 282 Å². The Morgan fingerprint density at radius 1 is 0.263 bits per heavy atom. The Labute approximate surface area is 493 Å². The average Bonchev–Trinajstić information content (AvgIpc) is 3.46. The molecule has 0 aromatic rings. The zero-order valence-electron chi connectivity index (χ0n) is 51.8. The molecule has 0 N–H and O–H groups in total. The van der Waals surface area contributed by atoms with E-state index < -0.39 is 6.10 Å². The normalized spacial score (nSPS) is 13.1. The van der Waals surface area contributed by atoms with Crippen LogP contribution in [-0.2, 0) is 28.6 Å².